The van der Waals surface area contributed by atoms with Crippen molar-refractivity contribution in [3.8, 4) is 0 Å². The molecule has 0 spiro atoms. The molecule has 1 heterocycles. The predicted octanol–water partition coefficient (Wildman–Crippen LogP) is 2.04. The highest BCUT2D eigenvalue weighted by Gasteiger charge is 2.22. The summed E-state index contributed by atoms with van der Waals surface area (Å²) in [6, 6.07) is 0. The average Bonchev–Trinajstić information content (AvgIpc) is 2.85. The smallest absolute Gasteiger partial charge is 0.229 e. The van der Waals surface area contributed by atoms with Gasteiger partial charge in [-0.05, 0) is 19.3 Å². The van der Waals surface area contributed by atoms with Gasteiger partial charge in [0.15, 0.2) is 5.82 Å². The first kappa shape index (κ1) is 10.6. The van der Waals surface area contributed by atoms with Crippen LogP contribution in [0.2, 0.25) is 0 Å². The van der Waals surface area contributed by atoms with Gasteiger partial charge in [0.25, 0.3) is 0 Å². The van der Waals surface area contributed by atoms with Crippen LogP contribution in [0.3, 0.4) is 0 Å². The van der Waals surface area contributed by atoms with Crippen molar-refractivity contribution in [1.29, 1.82) is 0 Å². The molecule has 1 saturated carbocycles. The molecule has 1 fully saturated rings. The summed E-state index contributed by atoms with van der Waals surface area (Å²) in [6.07, 6.45) is 5.74. The Bertz CT molecular complexity index is 305. The van der Waals surface area contributed by atoms with Crippen LogP contribution in [-0.4, -0.2) is 21.4 Å². The lowest BCUT2D eigenvalue weighted by atomic mass is 10.1. The van der Waals surface area contributed by atoms with E-state index < -0.39 is 0 Å². The molecule has 1 unspecified atom stereocenters. The molecule has 1 aliphatic rings. The summed E-state index contributed by atoms with van der Waals surface area (Å²) in [7, 11) is 0. The molecule has 0 aliphatic heterocycles. The Morgan fingerprint density at radius 2 is 2.20 bits per heavy atom. The molecule has 0 radical (unpaired) electrons. The third-order valence-corrected chi connectivity index (χ3v) is 3.09. The number of hydrogen-bond donors (Lipinski definition) is 1. The first-order valence-electron chi connectivity index (χ1n) is 5.80. The van der Waals surface area contributed by atoms with Crippen LogP contribution in [0.15, 0.2) is 4.52 Å². The quantitative estimate of drug-likeness (QED) is 0.826. The van der Waals surface area contributed by atoms with Gasteiger partial charge in [-0.2, -0.15) is 4.98 Å². The largest absolute Gasteiger partial charge is 0.393 e. The molecule has 1 aromatic heterocycles. The van der Waals surface area contributed by atoms with E-state index in [9.17, 15) is 5.11 Å². The molecule has 2 rings (SSSR count). The molecule has 84 valence electrons. The highest BCUT2D eigenvalue weighted by Crippen LogP contribution is 2.32. The molecule has 0 amide bonds. The molecule has 1 atom stereocenters. The standard InChI is InChI=1S/C11H18N2O2/c1-2-9(14)7-10-12-11(13-15-10)8-5-3-4-6-8/h8-9,14H,2-7H2,1H3. The van der Waals surface area contributed by atoms with Crippen molar-refractivity contribution in [2.75, 3.05) is 0 Å². The van der Waals surface area contributed by atoms with E-state index in [1.807, 2.05) is 6.92 Å². The number of aliphatic hydroxyl groups is 1. The molecule has 1 N–H and O–H groups in total. The summed E-state index contributed by atoms with van der Waals surface area (Å²) in [5.74, 6) is 1.90. The second-order valence-corrected chi connectivity index (χ2v) is 4.29. The lowest BCUT2D eigenvalue weighted by molar-refractivity contribution is 0.158. The zero-order chi connectivity index (χ0) is 10.7. The van der Waals surface area contributed by atoms with Gasteiger partial charge < -0.3 is 9.63 Å². The van der Waals surface area contributed by atoms with Crippen molar-refractivity contribution in [2.24, 2.45) is 0 Å². The molecular formula is C11H18N2O2. The zero-order valence-electron chi connectivity index (χ0n) is 9.15. The molecule has 4 nitrogen and oxygen atoms in total. The maximum absolute atomic E-state index is 9.46. The third kappa shape index (κ3) is 2.56. The summed E-state index contributed by atoms with van der Waals surface area (Å²) in [5, 5.41) is 13.4. The maximum Gasteiger partial charge on any atom is 0.229 e. The van der Waals surface area contributed by atoms with Crippen LogP contribution < -0.4 is 0 Å². The van der Waals surface area contributed by atoms with E-state index in [1.165, 1.54) is 25.7 Å². The molecule has 1 aromatic rings. The summed E-state index contributed by atoms with van der Waals surface area (Å²) in [6.45, 7) is 1.94. The summed E-state index contributed by atoms with van der Waals surface area (Å²) in [4.78, 5) is 4.34. The van der Waals surface area contributed by atoms with Crippen LogP contribution >= 0.6 is 0 Å². The van der Waals surface area contributed by atoms with Gasteiger partial charge in [-0.1, -0.05) is 24.9 Å². The fraction of sp³-hybridized carbons (Fsp3) is 0.818. The van der Waals surface area contributed by atoms with E-state index in [2.05, 4.69) is 10.1 Å². The van der Waals surface area contributed by atoms with Crippen LogP contribution in [0.1, 0.15) is 56.7 Å². The maximum atomic E-state index is 9.46. The summed E-state index contributed by atoms with van der Waals surface area (Å²) >= 11 is 0. The van der Waals surface area contributed by atoms with Crippen LogP contribution in [0.5, 0.6) is 0 Å². The molecule has 0 aromatic carbocycles. The Morgan fingerprint density at radius 1 is 1.47 bits per heavy atom. The second kappa shape index (κ2) is 4.75. The van der Waals surface area contributed by atoms with Crippen molar-refractivity contribution in [2.45, 2.75) is 57.5 Å². The first-order chi connectivity index (χ1) is 7.29. The first-order valence-corrected chi connectivity index (χ1v) is 5.80. The number of rotatable bonds is 4. The lowest BCUT2D eigenvalue weighted by Gasteiger charge is -2.02. The molecule has 0 saturated heterocycles. The monoisotopic (exact) mass is 210 g/mol. The average molecular weight is 210 g/mol. The zero-order valence-corrected chi connectivity index (χ0v) is 9.15. The van der Waals surface area contributed by atoms with E-state index in [1.54, 1.807) is 0 Å². The number of aromatic nitrogens is 2. The Balaban J connectivity index is 1.97. The Labute approximate surface area is 89.7 Å². The van der Waals surface area contributed by atoms with Crippen molar-refractivity contribution in [1.82, 2.24) is 10.1 Å². The van der Waals surface area contributed by atoms with Gasteiger partial charge in [-0.25, -0.2) is 0 Å². The van der Waals surface area contributed by atoms with Gasteiger partial charge in [-0.3, -0.25) is 0 Å². The molecule has 1 aliphatic carbocycles. The predicted molar refractivity (Wildman–Crippen MR) is 55.5 cm³/mol. The van der Waals surface area contributed by atoms with Crippen LogP contribution in [0.4, 0.5) is 0 Å². The highest BCUT2D eigenvalue weighted by molar-refractivity contribution is 4.98. The van der Waals surface area contributed by atoms with E-state index >= 15 is 0 Å². The number of nitrogens with zero attached hydrogens (tertiary/aromatic N) is 2. The third-order valence-electron chi connectivity index (χ3n) is 3.09. The minimum absolute atomic E-state index is 0.359. The summed E-state index contributed by atoms with van der Waals surface area (Å²) in [5.41, 5.74) is 0. The Morgan fingerprint density at radius 3 is 2.87 bits per heavy atom. The molecular weight excluding hydrogens is 192 g/mol. The number of aliphatic hydroxyl groups excluding tert-OH is 1. The van der Waals surface area contributed by atoms with Crippen molar-refractivity contribution in [3.05, 3.63) is 11.7 Å². The lowest BCUT2D eigenvalue weighted by Crippen LogP contribution is -2.08. The highest BCUT2D eigenvalue weighted by atomic mass is 16.5. The van der Waals surface area contributed by atoms with Gasteiger partial charge in [0.1, 0.15) is 0 Å². The van der Waals surface area contributed by atoms with E-state index in [0.717, 1.165) is 12.2 Å². The molecule has 0 bridgehead atoms. The Hall–Kier alpha value is -0.900. The van der Waals surface area contributed by atoms with Gasteiger partial charge in [-0.15, -0.1) is 0 Å². The minimum atomic E-state index is -0.359. The van der Waals surface area contributed by atoms with Gasteiger partial charge in [0.2, 0.25) is 5.89 Å². The minimum Gasteiger partial charge on any atom is -0.393 e. The van der Waals surface area contributed by atoms with Gasteiger partial charge >= 0.3 is 0 Å². The van der Waals surface area contributed by atoms with Crippen LogP contribution in [0, 0.1) is 0 Å². The Kier molecular flexibility index (Phi) is 3.36. The van der Waals surface area contributed by atoms with Crippen molar-refractivity contribution >= 4 is 0 Å². The van der Waals surface area contributed by atoms with Crippen LogP contribution in [0.25, 0.3) is 0 Å². The topological polar surface area (TPSA) is 59.2 Å². The number of hydrogen-bond acceptors (Lipinski definition) is 4. The fourth-order valence-corrected chi connectivity index (χ4v) is 2.05. The van der Waals surface area contributed by atoms with Crippen LogP contribution in [-0.2, 0) is 6.42 Å². The van der Waals surface area contributed by atoms with E-state index in [-0.39, 0.29) is 6.10 Å². The molecule has 4 heteroatoms. The van der Waals surface area contributed by atoms with Crippen molar-refractivity contribution < 1.29 is 9.63 Å². The fourth-order valence-electron chi connectivity index (χ4n) is 2.05. The normalized spacial score (nSPS) is 19.6. The van der Waals surface area contributed by atoms with E-state index in [0.29, 0.717) is 18.2 Å². The van der Waals surface area contributed by atoms with Gasteiger partial charge in [0.05, 0.1) is 12.5 Å². The second-order valence-electron chi connectivity index (χ2n) is 4.29. The summed E-state index contributed by atoms with van der Waals surface area (Å²) < 4.78 is 5.13. The van der Waals surface area contributed by atoms with Crippen molar-refractivity contribution in [3.63, 3.8) is 0 Å². The van der Waals surface area contributed by atoms with Gasteiger partial charge in [0, 0.05) is 5.92 Å². The van der Waals surface area contributed by atoms with E-state index in [4.69, 9.17) is 4.52 Å². The SMILES string of the molecule is CCC(O)Cc1nc(C2CCCC2)no1. The molecule has 15 heavy (non-hydrogen) atoms.